The Kier molecular flexibility index (Phi) is 6.34. The number of nitrogens with one attached hydrogen (secondary N) is 2. The molecule has 0 fully saturated rings. The molecule has 1 aromatic rings. The Balaban J connectivity index is 2.94. The van der Waals surface area contributed by atoms with Gasteiger partial charge in [0.2, 0.25) is 10.0 Å². The van der Waals surface area contributed by atoms with Crippen molar-refractivity contribution < 1.29 is 21.6 Å². The van der Waals surface area contributed by atoms with Crippen molar-refractivity contribution in [2.45, 2.75) is 24.4 Å². The summed E-state index contributed by atoms with van der Waals surface area (Å²) in [5.74, 6) is 0. The Morgan fingerprint density at radius 1 is 1.23 bits per heavy atom. The van der Waals surface area contributed by atoms with E-state index in [4.69, 9.17) is 5.26 Å². The molecule has 0 aliphatic rings. The summed E-state index contributed by atoms with van der Waals surface area (Å²) in [4.78, 5) is -0.519. The van der Waals surface area contributed by atoms with E-state index in [1.165, 1.54) is 6.07 Å². The first-order valence-electron chi connectivity index (χ1n) is 6.54. The molecule has 0 bridgehead atoms. The minimum absolute atomic E-state index is 0.0592. The zero-order chi connectivity index (χ0) is 16.8. The van der Waals surface area contributed by atoms with Crippen LogP contribution in [-0.2, 0) is 16.2 Å². The van der Waals surface area contributed by atoms with E-state index in [9.17, 15) is 21.6 Å². The van der Waals surface area contributed by atoms with Crippen LogP contribution in [0.3, 0.4) is 0 Å². The number of rotatable bonds is 7. The molecule has 5 nitrogen and oxygen atoms in total. The normalized spacial score (nSPS) is 12.1. The summed E-state index contributed by atoms with van der Waals surface area (Å²) in [6, 6.07) is 3.71. The number of benzene rings is 1. The monoisotopic (exact) mass is 335 g/mol. The van der Waals surface area contributed by atoms with Gasteiger partial charge in [-0.05, 0) is 31.2 Å². The zero-order valence-electron chi connectivity index (χ0n) is 11.9. The lowest BCUT2D eigenvalue weighted by atomic mass is 10.1. The van der Waals surface area contributed by atoms with Crippen molar-refractivity contribution in [2.75, 3.05) is 19.6 Å². The van der Waals surface area contributed by atoms with Gasteiger partial charge >= 0.3 is 6.18 Å². The molecular formula is C13H16F3N3O2S. The van der Waals surface area contributed by atoms with E-state index < -0.39 is 32.2 Å². The summed E-state index contributed by atoms with van der Waals surface area (Å²) in [6.45, 7) is 3.10. The van der Waals surface area contributed by atoms with Crippen molar-refractivity contribution in [1.82, 2.24) is 10.0 Å². The molecule has 122 valence electrons. The van der Waals surface area contributed by atoms with Gasteiger partial charge in [0.15, 0.2) is 0 Å². The molecule has 0 aliphatic heterocycles. The number of sulfonamides is 1. The molecule has 1 rings (SSSR count). The predicted octanol–water partition coefficient (Wildman–Crippen LogP) is 1.85. The molecule has 2 N–H and O–H groups in total. The standard InChI is InChI=1S/C13H16F3N3O2S/c1-2-5-18-6-7-19-22(20,21)11-4-3-10(9-17)12(8-11)13(14,15)16/h3-4,8,18-19H,2,5-7H2,1H3. The molecule has 0 aromatic heterocycles. The van der Waals surface area contributed by atoms with Gasteiger partial charge in [0.05, 0.1) is 22.1 Å². The van der Waals surface area contributed by atoms with Crippen molar-refractivity contribution in [3.8, 4) is 6.07 Å². The number of hydrogen-bond acceptors (Lipinski definition) is 4. The second kappa shape index (κ2) is 7.58. The van der Waals surface area contributed by atoms with Gasteiger partial charge in [0, 0.05) is 13.1 Å². The van der Waals surface area contributed by atoms with Crippen LogP contribution in [0.2, 0.25) is 0 Å². The van der Waals surface area contributed by atoms with Crippen molar-refractivity contribution in [2.24, 2.45) is 0 Å². The maximum absolute atomic E-state index is 12.8. The van der Waals surface area contributed by atoms with Crippen LogP contribution in [0.4, 0.5) is 13.2 Å². The Labute approximate surface area is 127 Å². The molecule has 22 heavy (non-hydrogen) atoms. The van der Waals surface area contributed by atoms with Gasteiger partial charge in [-0.25, -0.2) is 13.1 Å². The second-order valence-corrected chi connectivity index (χ2v) is 6.23. The Hall–Kier alpha value is -1.63. The fourth-order valence-corrected chi connectivity index (χ4v) is 2.74. The first-order chi connectivity index (χ1) is 10.2. The number of hydrogen-bond donors (Lipinski definition) is 2. The van der Waals surface area contributed by atoms with Crippen molar-refractivity contribution in [3.63, 3.8) is 0 Å². The quantitative estimate of drug-likeness (QED) is 0.745. The van der Waals surface area contributed by atoms with E-state index in [-0.39, 0.29) is 6.54 Å². The highest BCUT2D eigenvalue weighted by molar-refractivity contribution is 7.89. The van der Waals surface area contributed by atoms with Crippen molar-refractivity contribution in [3.05, 3.63) is 29.3 Å². The van der Waals surface area contributed by atoms with E-state index in [0.717, 1.165) is 25.1 Å². The average Bonchev–Trinajstić information content (AvgIpc) is 2.45. The minimum Gasteiger partial charge on any atom is -0.315 e. The summed E-state index contributed by atoms with van der Waals surface area (Å²) >= 11 is 0. The zero-order valence-corrected chi connectivity index (χ0v) is 12.7. The summed E-state index contributed by atoms with van der Waals surface area (Å²) < 4.78 is 64.6. The van der Waals surface area contributed by atoms with Gasteiger partial charge in [0.25, 0.3) is 0 Å². The predicted molar refractivity (Wildman–Crippen MR) is 74.5 cm³/mol. The number of nitrogens with zero attached hydrogens (tertiary/aromatic N) is 1. The third-order valence-electron chi connectivity index (χ3n) is 2.75. The van der Waals surface area contributed by atoms with E-state index >= 15 is 0 Å². The molecule has 0 spiro atoms. The number of alkyl halides is 3. The SMILES string of the molecule is CCCNCCNS(=O)(=O)c1ccc(C#N)c(C(F)(F)F)c1. The molecule has 0 saturated heterocycles. The largest absolute Gasteiger partial charge is 0.417 e. The highest BCUT2D eigenvalue weighted by Crippen LogP contribution is 2.33. The maximum atomic E-state index is 12.8. The van der Waals surface area contributed by atoms with Crippen LogP contribution in [-0.4, -0.2) is 28.1 Å². The summed E-state index contributed by atoms with van der Waals surface area (Å²) in [5, 5.41) is 11.6. The van der Waals surface area contributed by atoms with E-state index in [1.54, 1.807) is 0 Å². The Morgan fingerprint density at radius 2 is 1.91 bits per heavy atom. The maximum Gasteiger partial charge on any atom is 0.417 e. The Morgan fingerprint density at radius 3 is 2.45 bits per heavy atom. The smallest absolute Gasteiger partial charge is 0.315 e. The molecule has 9 heteroatoms. The first-order valence-corrected chi connectivity index (χ1v) is 8.02. The van der Waals surface area contributed by atoms with Gasteiger partial charge in [-0.3, -0.25) is 0 Å². The molecule has 0 radical (unpaired) electrons. The third-order valence-corrected chi connectivity index (χ3v) is 4.21. The second-order valence-electron chi connectivity index (χ2n) is 4.46. The minimum atomic E-state index is -4.79. The molecule has 0 unspecified atom stereocenters. The lowest BCUT2D eigenvalue weighted by molar-refractivity contribution is -0.137. The van der Waals surface area contributed by atoms with Gasteiger partial charge in [-0.15, -0.1) is 0 Å². The summed E-state index contributed by atoms with van der Waals surface area (Å²) in [5.41, 5.74) is -1.88. The molecule has 0 heterocycles. The van der Waals surface area contributed by atoms with Gasteiger partial charge in [0.1, 0.15) is 0 Å². The summed E-state index contributed by atoms with van der Waals surface area (Å²) in [7, 11) is -4.05. The molecule has 1 aromatic carbocycles. The third kappa shape index (κ3) is 4.98. The molecule has 0 amide bonds. The van der Waals surface area contributed by atoms with Crippen LogP contribution >= 0.6 is 0 Å². The van der Waals surface area contributed by atoms with E-state index in [2.05, 4.69) is 10.0 Å². The summed E-state index contributed by atoms with van der Waals surface area (Å²) in [6.07, 6.45) is -3.91. The molecule has 0 saturated carbocycles. The van der Waals surface area contributed by atoms with Crippen LogP contribution in [0.25, 0.3) is 0 Å². The van der Waals surface area contributed by atoms with E-state index in [0.29, 0.717) is 12.6 Å². The fourth-order valence-electron chi connectivity index (χ4n) is 1.68. The first kappa shape index (κ1) is 18.4. The van der Waals surface area contributed by atoms with Crippen molar-refractivity contribution >= 4 is 10.0 Å². The lowest BCUT2D eigenvalue weighted by Crippen LogP contribution is -2.32. The van der Waals surface area contributed by atoms with Gasteiger partial charge < -0.3 is 5.32 Å². The van der Waals surface area contributed by atoms with Crippen LogP contribution < -0.4 is 10.0 Å². The average molecular weight is 335 g/mol. The number of nitriles is 1. The van der Waals surface area contributed by atoms with Crippen LogP contribution in [0.1, 0.15) is 24.5 Å². The topological polar surface area (TPSA) is 82.0 Å². The van der Waals surface area contributed by atoms with Crippen LogP contribution in [0.15, 0.2) is 23.1 Å². The molecule has 0 atom stereocenters. The highest BCUT2D eigenvalue weighted by Gasteiger charge is 2.34. The van der Waals surface area contributed by atoms with E-state index in [1.807, 2.05) is 6.92 Å². The van der Waals surface area contributed by atoms with Gasteiger partial charge in [-0.2, -0.15) is 18.4 Å². The number of halogens is 3. The van der Waals surface area contributed by atoms with Crippen LogP contribution in [0, 0.1) is 11.3 Å². The lowest BCUT2D eigenvalue weighted by Gasteiger charge is -2.12. The highest BCUT2D eigenvalue weighted by atomic mass is 32.2. The Bertz CT molecular complexity index is 651. The molecule has 0 aliphatic carbocycles. The molecular weight excluding hydrogens is 319 g/mol. The van der Waals surface area contributed by atoms with Crippen molar-refractivity contribution in [1.29, 1.82) is 5.26 Å². The van der Waals surface area contributed by atoms with Crippen LogP contribution in [0.5, 0.6) is 0 Å². The fraction of sp³-hybridized carbons (Fsp3) is 0.462. The van der Waals surface area contributed by atoms with Gasteiger partial charge in [-0.1, -0.05) is 6.92 Å².